The van der Waals surface area contributed by atoms with Crippen molar-refractivity contribution in [2.24, 2.45) is 5.10 Å². The Morgan fingerprint density at radius 2 is 1.75 bits per heavy atom. The highest BCUT2D eigenvalue weighted by atomic mass is 79.9. The topological polar surface area (TPSA) is 56.7 Å². The molecule has 5 nitrogen and oxygen atoms in total. The molecule has 0 aromatic heterocycles. The van der Waals surface area contributed by atoms with Gasteiger partial charge in [-0.3, -0.25) is 4.79 Å². The summed E-state index contributed by atoms with van der Waals surface area (Å²) in [5.41, 5.74) is 5.47. The van der Waals surface area contributed by atoms with Gasteiger partial charge in [-0.2, -0.15) is 5.10 Å². The summed E-state index contributed by atoms with van der Waals surface area (Å²) in [6, 6.07) is 15.2. The van der Waals surface area contributed by atoms with Crippen LogP contribution in [-0.2, 0) is 4.79 Å². The van der Waals surface area contributed by atoms with Crippen molar-refractivity contribution in [3.05, 3.63) is 58.6 Å². The number of hydrogen-bond donors (Lipinski definition) is 2. The molecule has 0 bridgehead atoms. The van der Waals surface area contributed by atoms with Gasteiger partial charge in [0.1, 0.15) is 6.04 Å². The predicted octanol–water partition coefficient (Wildman–Crippen LogP) is 3.47. The van der Waals surface area contributed by atoms with Gasteiger partial charge in [0.05, 0.1) is 6.21 Å². The van der Waals surface area contributed by atoms with Crippen LogP contribution in [0.3, 0.4) is 0 Å². The molecule has 0 aliphatic rings. The zero-order chi connectivity index (χ0) is 17.5. The van der Waals surface area contributed by atoms with E-state index in [4.69, 9.17) is 0 Å². The van der Waals surface area contributed by atoms with Gasteiger partial charge in [-0.05, 0) is 48.9 Å². The quantitative estimate of drug-likeness (QED) is 0.588. The minimum absolute atomic E-state index is 0.195. The summed E-state index contributed by atoms with van der Waals surface area (Å²) >= 11 is 3.38. The summed E-state index contributed by atoms with van der Waals surface area (Å²) < 4.78 is 0.995. The van der Waals surface area contributed by atoms with Crippen molar-refractivity contribution < 1.29 is 4.79 Å². The number of benzene rings is 2. The molecule has 1 unspecified atom stereocenters. The molecule has 24 heavy (non-hydrogen) atoms. The number of hydrogen-bond acceptors (Lipinski definition) is 4. The molecule has 0 aliphatic heterocycles. The largest absolute Gasteiger partial charge is 0.378 e. The number of carbonyl (C=O) groups excluding carboxylic acids is 1. The molecule has 0 heterocycles. The molecule has 2 aromatic carbocycles. The Hall–Kier alpha value is -2.34. The highest BCUT2D eigenvalue weighted by Gasteiger charge is 2.11. The van der Waals surface area contributed by atoms with Crippen molar-refractivity contribution in [2.75, 3.05) is 24.3 Å². The molecule has 0 saturated carbocycles. The highest BCUT2D eigenvalue weighted by molar-refractivity contribution is 9.10. The average molecular weight is 389 g/mol. The van der Waals surface area contributed by atoms with Crippen molar-refractivity contribution in [3.63, 3.8) is 0 Å². The Bertz CT molecular complexity index is 696. The number of nitrogens with one attached hydrogen (secondary N) is 2. The van der Waals surface area contributed by atoms with Crippen molar-refractivity contribution in [1.29, 1.82) is 0 Å². The number of amides is 1. The Morgan fingerprint density at radius 1 is 1.12 bits per heavy atom. The first-order valence-electron chi connectivity index (χ1n) is 7.58. The van der Waals surface area contributed by atoms with Gasteiger partial charge in [-0.25, -0.2) is 5.43 Å². The van der Waals surface area contributed by atoms with Crippen LogP contribution in [0.2, 0.25) is 0 Å². The molecule has 126 valence electrons. The lowest BCUT2D eigenvalue weighted by Crippen LogP contribution is -2.34. The maximum absolute atomic E-state index is 12.0. The van der Waals surface area contributed by atoms with E-state index in [1.54, 1.807) is 13.1 Å². The monoisotopic (exact) mass is 388 g/mol. The molecular weight excluding hydrogens is 368 g/mol. The number of nitrogens with zero attached hydrogens (tertiary/aromatic N) is 2. The first-order valence-corrected chi connectivity index (χ1v) is 8.37. The van der Waals surface area contributed by atoms with Crippen LogP contribution in [0.15, 0.2) is 58.1 Å². The molecule has 0 aliphatic carbocycles. The fourth-order valence-corrected chi connectivity index (χ4v) is 2.25. The van der Waals surface area contributed by atoms with Crippen LogP contribution >= 0.6 is 15.9 Å². The van der Waals surface area contributed by atoms with E-state index in [9.17, 15) is 4.79 Å². The summed E-state index contributed by atoms with van der Waals surface area (Å²) in [6.45, 7) is 1.79. The Labute approximate surface area is 150 Å². The Balaban J connectivity index is 1.86. The highest BCUT2D eigenvalue weighted by Crippen LogP contribution is 2.15. The lowest BCUT2D eigenvalue weighted by molar-refractivity contribution is -0.121. The molecule has 2 N–H and O–H groups in total. The third-order valence-electron chi connectivity index (χ3n) is 3.42. The third-order valence-corrected chi connectivity index (χ3v) is 3.95. The van der Waals surface area contributed by atoms with Crippen LogP contribution in [0.4, 0.5) is 11.4 Å². The van der Waals surface area contributed by atoms with Gasteiger partial charge in [0, 0.05) is 29.9 Å². The van der Waals surface area contributed by atoms with Gasteiger partial charge in [0.25, 0.3) is 5.91 Å². The maximum Gasteiger partial charge on any atom is 0.262 e. The van der Waals surface area contributed by atoms with Gasteiger partial charge < -0.3 is 10.2 Å². The van der Waals surface area contributed by atoms with E-state index in [2.05, 4.69) is 31.8 Å². The van der Waals surface area contributed by atoms with E-state index < -0.39 is 0 Å². The molecule has 6 heteroatoms. The molecular formula is C18H21BrN4O. The van der Waals surface area contributed by atoms with Gasteiger partial charge in [-0.1, -0.05) is 28.1 Å². The van der Waals surface area contributed by atoms with E-state index in [1.165, 1.54) is 0 Å². The van der Waals surface area contributed by atoms with Crippen LogP contribution in [0.1, 0.15) is 12.5 Å². The average Bonchev–Trinajstić information content (AvgIpc) is 2.57. The fraction of sp³-hybridized carbons (Fsp3) is 0.222. The SMILES string of the molecule is CC(Nc1ccc(Br)cc1)C(=O)NN=Cc1ccc(N(C)C)cc1. The van der Waals surface area contributed by atoms with Crippen LogP contribution in [0.5, 0.6) is 0 Å². The second-order valence-corrected chi connectivity index (χ2v) is 6.51. The molecule has 1 amide bonds. The van der Waals surface area contributed by atoms with Crippen LogP contribution in [0.25, 0.3) is 0 Å². The molecule has 2 rings (SSSR count). The zero-order valence-electron chi connectivity index (χ0n) is 14.0. The van der Waals surface area contributed by atoms with Gasteiger partial charge in [-0.15, -0.1) is 0 Å². The minimum atomic E-state index is -0.389. The van der Waals surface area contributed by atoms with Crippen molar-refractivity contribution in [3.8, 4) is 0 Å². The smallest absolute Gasteiger partial charge is 0.262 e. The summed E-state index contributed by atoms with van der Waals surface area (Å²) in [6.07, 6.45) is 1.63. The zero-order valence-corrected chi connectivity index (χ0v) is 15.5. The molecule has 0 radical (unpaired) electrons. The molecule has 0 spiro atoms. The van der Waals surface area contributed by atoms with Gasteiger partial charge in [0.15, 0.2) is 0 Å². The number of rotatable bonds is 6. The maximum atomic E-state index is 12.0. The molecule has 0 saturated heterocycles. The Morgan fingerprint density at radius 3 is 2.33 bits per heavy atom. The minimum Gasteiger partial charge on any atom is -0.378 e. The van der Waals surface area contributed by atoms with E-state index in [-0.39, 0.29) is 11.9 Å². The van der Waals surface area contributed by atoms with Crippen molar-refractivity contribution >= 4 is 39.4 Å². The second kappa shape index (κ2) is 8.49. The van der Waals surface area contributed by atoms with Crippen molar-refractivity contribution in [2.45, 2.75) is 13.0 Å². The summed E-state index contributed by atoms with van der Waals surface area (Å²) in [5, 5.41) is 7.13. The van der Waals surface area contributed by atoms with E-state index in [1.807, 2.05) is 67.5 Å². The lowest BCUT2D eigenvalue weighted by atomic mass is 10.2. The number of carbonyl (C=O) groups is 1. The fourth-order valence-electron chi connectivity index (χ4n) is 1.99. The Kier molecular flexibility index (Phi) is 6.37. The summed E-state index contributed by atoms with van der Waals surface area (Å²) in [5.74, 6) is -0.195. The summed E-state index contributed by atoms with van der Waals surface area (Å²) in [4.78, 5) is 14.1. The van der Waals surface area contributed by atoms with Crippen LogP contribution < -0.4 is 15.6 Å². The first-order chi connectivity index (χ1) is 11.5. The van der Waals surface area contributed by atoms with Gasteiger partial charge >= 0.3 is 0 Å². The second-order valence-electron chi connectivity index (χ2n) is 5.59. The van der Waals surface area contributed by atoms with Crippen molar-refractivity contribution in [1.82, 2.24) is 5.43 Å². The molecule has 0 fully saturated rings. The number of anilines is 2. The molecule has 2 aromatic rings. The normalized spacial score (nSPS) is 12.0. The standard InChI is InChI=1S/C18H21BrN4O/c1-13(21-16-8-6-15(19)7-9-16)18(24)22-20-12-14-4-10-17(11-5-14)23(2)3/h4-13,21H,1-3H3,(H,22,24). The number of halogens is 1. The van der Waals surface area contributed by atoms with E-state index in [0.29, 0.717) is 0 Å². The van der Waals surface area contributed by atoms with Gasteiger partial charge in [0.2, 0.25) is 0 Å². The van der Waals surface area contributed by atoms with E-state index in [0.717, 1.165) is 21.4 Å². The van der Waals surface area contributed by atoms with E-state index >= 15 is 0 Å². The molecule has 1 atom stereocenters. The third kappa shape index (κ3) is 5.38. The first kappa shape index (κ1) is 18.0. The lowest BCUT2D eigenvalue weighted by Gasteiger charge is -2.13. The van der Waals surface area contributed by atoms with Crippen LogP contribution in [-0.4, -0.2) is 32.3 Å². The summed E-state index contributed by atoms with van der Waals surface area (Å²) in [7, 11) is 3.98. The van der Waals surface area contributed by atoms with Crippen LogP contribution in [0, 0.1) is 0 Å². The predicted molar refractivity (Wildman–Crippen MR) is 104 cm³/mol. The number of hydrazone groups is 1.